The number of aryl methyl sites for hydroxylation is 1. The van der Waals surface area contributed by atoms with E-state index in [2.05, 4.69) is 105 Å². The largest absolute Gasteiger partial charge is 0.422 e. The van der Waals surface area contributed by atoms with Crippen LogP contribution in [-0.4, -0.2) is 13.1 Å². The van der Waals surface area contributed by atoms with Crippen molar-refractivity contribution in [2.45, 2.75) is 40.0 Å². The van der Waals surface area contributed by atoms with Crippen LogP contribution in [0.25, 0.3) is 41.3 Å². The SMILES string of the molecule is C=Cc1ccc(/C=C/c2ccc(/C=C/c3c(CC)c4ccc(N(CCC)CCC)cc4oc3=O)cc2)cc1. The van der Waals surface area contributed by atoms with E-state index >= 15 is 0 Å². The molecule has 0 fully saturated rings. The van der Waals surface area contributed by atoms with Gasteiger partial charge in [-0.1, -0.05) is 100 Å². The molecule has 3 nitrogen and oxygen atoms in total. The van der Waals surface area contributed by atoms with E-state index in [1.807, 2.05) is 24.3 Å². The van der Waals surface area contributed by atoms with Gasteiger partial charge >= 0.3 is 5.63 Å². The highest BCUT2D eigenvalue weighted by atomic mass is 16.4. The van der Waals surface area contributed by atoms with Crippen molar-refractivity contribution >= 4 is 47.0 Å². The topological polar surface area (TPSA) is 33.5 Å². The molecule has 194 valence electrons. The summed E-state index contributed by atoms with van der Waals surface area (Å²) in [5.74, 6) is 0. The molecule has 0 N–H and O–H groups in total. The highest BCUT2D eigenvalue weighted by Gasteiger charge is 2.13. The smallest absolute Gasteiger partial charge is 0.343 e. The van der Waals surface area contributed by atoms with E-state index in [1.165, 1.54) is 0 Å². The van der Waals surface area contributed by atoms with Gasteiger partial charge in [0.1, 0.15) is 5.58 Å². The molecule has 3 heteroatoms. The number of hydrogen-bond donors (Lipinski definition) is 0. The zero-order valence-electron chi connectivity index (χ0n) is 22.7. The Morgan fingerprint density at radius 1 is 0.737 bits per heavy atom. The second-order valence-corrected chi connectivity index (χ2v) is 9.51. The number of nitrogens with zero attached hydrogens (tertiary/aromatic N) is 1. The van der Waals surface area contributed by atoms with Gasteiger partial charge < -0.3 is 9.32 Å². The van der Waals surface area contributed by atoms with Crippen LogP contribution in [0.1, 0.15) is 67.0 Å². The Labute approximate surface area is 226 Å². The summed E-state index contributed by atoms with van der Waals surface area (Å²) in [7, 11) is 0. The standard InChI is InChI=1S/C35H37NO2/c1-5-23-36(24-6-2)30-20-22-32-31(8-4)33(35(37)38-34(32)25-30)21-19-29-17-15-28(16-18-29)14-13-27-11-9-26(7-3)10-12-27/h7,9-22,25H,3,5-6,8,23-24H2,1-2,4H3/b14-13+,21-19+. The fourth-order valence-electron chi connectivity index (χ4n) is 4.76. The van der Waals surface area contributed by atoms with Gasteiger partial charge in [0.25, 0.3) is 0 Å². The maximum atomic E-state index is 13.0. The molecule has 0 radical (unpaired) electrons. The first-order valence-corrected chi connectivity index (χ1v) is 13.6. The van der Waals surface area contributed by atoms with Gasteiger partial charge in [-0.2, -0.15) is 0 Å². The lowest BCUT2D eigenvalue weighted by molar-refractivity contribution is 0.557. The maximum Gasteiger partial charge on any atom is 0.343 e. The molecule has 0 bridgehead atoms. The molecular weight excluding hydrogens is 466 g/mol. The quantitative estimate of drug-likeness (QED) is 0.151. The number of benzene rings is 3. The average molecular weight is 504 g/mol. The molecule has 38 heavy (non-hydrogen) atoms. The van der Waals surface area contributed by atoms with Gasteiger partial charge in [-0.15, -0.1) is 0 Å². The van der Waals surface area contributed by atoms with Crippen LogP contribution in [0.5, 0.6) is 0 Å². The van der Waals surface area contributed by atoms with Gasteiger partial charge in [-0.05, 0) is 65.3 Å². The van der Waals surface area contributed by atoms with E-state index in [0.29, 0.717) is 11.1 Å². The second kappa shape index (κ2) is 12.9. The minimum atomic E-state index is -0.290. The molecule has 0 atom stereocenters. The van der Waals surface area contributed by atoms with Crippen molar-refractivity contribution < 1.29 is 4.42 Å². The molecule has 4 aromatic rings. The lowest BCUT2D eigenvalue weighted by Gasteiger charge is -2.24. The van der Waals surface area contributed by atoms with Crippen molar-refractivity contribution in [2.24, 2.45) is 0 Å². The fraction of sp³-hybridized carbons (Fsp3) is 0.229. The zero-order chi connectivity index (χ0) is 26.9. The Morgan fingerprint density at radius 2 is 1.26 bits per heavy atom. The van der Waals surface area contributed by atoms with Crippen LogP contribution in [0.4, 0.5) is 5.69 Å². The highest BCUT2D eigenvalue weighted by Crippen LogP contribution is 2.27. The Kier molecular flexibility index (Phi) is 9.16. The Morgan fingerprint density at radius 3 is 1.76 bits per heavy atom. The summed E-state index contributed by atoms with van der Waals surface area (Å²) in [5, 5.41) is 1.00. The molecule has 4 rings (SSSR count). The summed E-state index contributed by atoms with van der Waals surface area (Å²) in [4.78, 5) is 15.4. The van der Waals surface area contributed by atoms with Gasteiger partial charge in [0.2, 0.25) is 0 Å². The van der Waals surface area contributed by atoms with Crippen LogP contribution < -0.4 is 10.5 Å². The summed E-state index contributed by atoms with van der Waals surface area (Å²) >= 11 is 0. The predicted octanol–water partition coefficient (Wildman–Crippen LogP) is 8.97. The van der Waals surface area contributed by atoms with Crippen molar-refractivity contribution in [1.82, 2.24) is 0 Å². The molecular formula is C35H37NO2. The van der Waals surface area contributed by atoms with Crippen LogP contribution in [0, 0.1) is 0 Å². The van der Waals surface area contributed by atoms with Gasteiger partial charge in [0, 0.05) is 30.2 Å². The molecule has 3 aromatic carbocycles. The van der Waals surface area contributed by atoms with Crippen LogP contribution in [0.3, 0.4) is 0 Å². The third-order valence-electron chi connectivity index (χ3n) is 6.76. The van der Waals surface area contributed by atoms with E-state index < -0.39 is 0 Å². The van der Waals surface area contributed by atoms with Crippen LogP contribution in [0.2, 0.25) is 0 Å². The van der Waals surface area contributed by atoms with Crippen LogP contribution in [0.15, 0.2) is 82.5 Å². The lowest BCUT2D eigenvalue weighted by Crippen LogP contribution is -2.24. The van der Waals surface area contributed by atoms with Gasteiger partial charge in [-0.3, -0.25) is 0 Å². The number of anilines is 1. The molecule has 0 aliphatic heterocycles. The molecule has 0 aliphatic rings. The van der Waals surface area contributed by atoms with Crippen molar-refractivity contribution in [3.05, 3.63) is 117 Å². The fourth-order valence-corrected chi connectivity index (χ4v) is 4.76. The molecule has 0 saturated carbocycles. The summed E-state index contributed by atoms with van der Waals surface area (Å²) in [6.45, 7) is 12.2. The average Bonchev–Trinajstić information content (AvgIpc) is 2.95. The normalized spacial score (nSPS) is 11.6. The van der Waals surface area contributed by atoms with Crippen LogP contribution >= 0.6 is 0 Å². The molecule has 0 spiro atoms. The zero-order valence-corrected chi connectivity index (χ0v) is 22.7. The first kappa shape index (κ1) is 26.9. The first-order chi connectivity index (χ1) is 18.6. The maximum absolute atomic E-state index is 13.0. The minimum Gasteiger partial charge on any atom is -0.422 e. The number of fused-ring (bicyclic) bond motifs is 1. The van der Waals surface area contributed by atoms with E-state index in [1.54, 1.807) is 0 Å². The Bertz CT molecular complexity index is 1480. The van der Waals surface area contributed by atoms with Gasteiger partial charge in [-0.25, -0.2) is 4.79 Å². The minimum absolute atomic E-state index is 0.290. The Hall–Kier alpha value is -4.11. The summed E-state index contributed by atoms with van der Waals surface area (Å²) in [6.07, 6.45) is 12.8. The first-order valence-electron chi connectivity index (χ1n) is 13.6. The predicted molar refractivity (Wildman–Crippen MR) is 165 cm³/mol. The monoisotopic (exact) mass is 503 g/mol. The van der Waals surface area contributed by atoms with E-state index in [9.17, 15) is 4.79 Å². The van der Waals surface area contributed by atoms with E-state index in [4.69, 9.17) is 4.42 Å². The van der Waals surface area contributed by atoms with Crippen LogP contribution in [-0.2, 0) is 6.42 Å². The summed E-state index contributed by atoms with van der Waals surface area (Å²) < 4.78 is 5.83. The van der Waals surface area contributed by atoms with Crippen molar-refractivity contribution in [3.63, 3.8) is 0 Å². The molecule has 0 aliphatic carbocycles. The Balaban J connectivity index is 1.56. The third-order valence-corrected chi connectivity index (χ3v) is 6.76. The molecule has 0 saturated heterocycles. The lowest BCUT2D eigenvalue weighted by atomic mass is 10.0. The number of rotatable bonds is 11. The van der Waals surface area contributed by atoms with Crippen molar-refractivity contribution in [3.8, 4) is 0 Å². The van der Waals surface area contributed by atoms with Gasteiger partial charge in [0.15, 0.2) is 0 Å². The van der Waals surface area contributed by atoms with Crippen molar-refractivity contribution in [2.75, 3.05) is 18.0 Å². The van der Waals surface area contributed by atoms with Gasteiger partial charge in [0.05, 0.1) is 5.56 Å². The van der Waals surface area contributed by atoms with Crippen molar-refractivity contribution in [1.29, 1.82) is 0 Å². The highest BCUT2D eigenvalue weighted by molar-refractivity contribution is 5.87. The number of hydrogen-bond acceptors (Lipinski definition) is 3. The summed E-state index contributed by atoms with van der Waals surface area (Å²) in [5.41, 5.74) is 7.53. The molecule has 0 amide bonds. The van der Waals surface area contributed by atoms with E-state index in [0.717, 1.165) is 71.2 Å². The molecule has 1 heterocycles. The molecule has 1 aromatic heterocycles. The second-order valence-electron chi connectivity index (χ2n) is 9.51. The third kappa shape index (κ3) is 6.41. The summed E-state index contributed by atoms with van der Waals surface area (Å²) in [6, 6.07) is 22.8. The van der Waals surface area contributed by atoms with E-state index in [-0.39, 0.29) is 5.63 Å². The molecule has 0 unspecified atom stereocenters.